The third-order valence-corrected chi connectivity index (χ3v) is 3.32. The van der Waals surface area contributed by atoms with Crippen LogP contribution in [0.5, 0.6) is 0 Å². The van der Waals surface area contributed by atoms with Crippen LogP contribution < -0.4 is 10.9 Å². The lowest BCUT2D eigenvalue weighted by Crippen LogP contribution is -2.26. The molecule has 23 heavy (non-hydrogen) atoms. The Morgan fingerprint density at radius 1 is 1.26 bits per heavy atom. The molecule has 1 amide bonds. The van der Waals surface area contributed by atoms with E-state index in [0.717, 1.165) is 18.4 Å². The van der Waals surface area contributed by atoms with Gasteiger partial charge in [0.2, 0.25) is 0 Å². The molecule has 0 aliphatic heterocycles. The van der Waals surface area contributed by atoms with Gasteiger partial charge in [-0.1, -0.05) is 25.5 Å². The topological polar surface area (TPSA) is 87.8 Å². The number of carbonyl (C=O) groups excluding carboxylic acids is 1. The van der Waals surface area contributed by atoms with E-state index in [1.807, 2.05) is 6.92 Å². The van der Waals surface area contributed by atoms with E-state index in [9.17, 15) is 9.59 Å². The number of nitriles is 1. The Hall–Kier alpha value is -2.94. The molecule has 0 spiro atoms. The number of aryl methyl sites for hydroxylation is 1. The van der Waals surface area contributed by atoms with Gasteiger partial charge in [-0.3, -0.25) is 9.59 Å². The van der Waals surface area contributed by atoms with Crippen molar-refractivity contribution in [3.8, 4) is 6.07 Å². The number of benzene rings is 1. The normalized spacial score (nSPS) is 10.1. The zero-order chi connectivity index (χ0) is 16.7. The van der Waals surface area contributed by atoms with Crippen LogP contribution in [-0.4, -0.2) is 15.7 Å². The Morgan fingerprint density at radius 3 is 2.65 bits per heavy atom. The number of unbranched alkanes of at least 4 members (excludes halogenated alkanes) is 1. The highest BCUT2D eigenvalue weighted by atomic mass is 16.2. The molecule has 0 radical (unpaired) electrons. The van der Waals surface area contributed by atoms with Crippen LogP contribution in [0, 0.1) is 11.3 Å². The van der Waals surface area contributed by atoms with Gasteiger partial charge in [-0.2, -0.15) is 10.4 Å². The standard InChI is InChI=1S/C17H18N4O2/c1-2-3-12-21-16(22)9-8-15(20-21)17(23)19-14-6-4-13(5-7-14)10-11-18/h4-9H,2-3,10,12H2,1H3,(H,19,23). The van der Waals surface area contributed by atoms with Gasteiger partial charge in [0.05, 0.1) is 12.5 Å². The van der Waals surface area contributed by atoms with Gasteiger partial charge in [0.1, 0.15) is 5.69 Å². The number of rotatable bonds is 6. The molecule has 1 aromatic carbocycles. The van der Waals surface area contributed by atoms with Gasteiger partial charge in [-0.25, -0.2) is 4.68 Å². The molecule has 6 heteroatoms. The molecular weight excluding hydrogens is 292 g/mol. The number of anilines is 1. The molecule has 2 rings (SSSR count). The molecule has 0 bridgehead atoms. The lowest BCUT2D eigenvalue weighted by molar-refractivity contribution is 0.101. The summed E-state index contributed by atoms with van der Waals surface area (Å²) in [4.78, 5) is 23.9. The van der Waals surface area contributed by atoms with Crippen LogP contribution in [0.2, 0.25) is 0 Å². The second kappa shape index (κ2) is 7.90. The molecular formula is C17H18N4O2. The van der Waals surface area contributed by atoms with Crippen molar-refractivity contribution in [2.45, 2.75) is 32.7 Å². The summed E-state index contributed by atoms with van der Waals surface area (Å²) in [7, 11) is 0. The maximum atomic E-state index is 12.2. The number of carbonyl (C=O) groups is 1. The van der Waals surface area contributed by atoms with E-state index >= 15 is 0 Å². The predicted molar refractivity (Wildman–Crippen MR) is 87.1 cm³/mol. The fourth-order valence-electron chi connectivity index (χ4n) is 2.03. The Morgan fingerprint density at radius 2 is 2.00 bits per heavy atom. The predicted octanol–water partition coefficient (Wildman–Crippen LogP) is 2.36. The molecule has 0 aliphatic rings. The summed E-state index contributed by atoms with van der Waals surface area (Å²) in [6, 6.07) is 11.9. The van der Waals surface area contributed by atoms with E-state index in [1.165, 1.54) is 16.8 Å². The van der Waals surface area contributed by atoms with E-state index in [2.05, 4.69) is 16.5 Å². The number of amides is 1. The minimum atomic E-state index is -0.372. The maximum absolute atomic E-state index is 12.2. The third kappa shape index (κ3) is 4.51. The first kappa shape index (κ1) is 16.4. The van der Waals surface area contributed by atoms with Gasteiger partial charge >= 0.3 is 0 Å². The lowest BCUT2D eigenvalue weighted by Gasteiger charge is -2.08. The highest BCUT2D eigenvalue weighted by Crippen LogP contribution is 2.11. The number of hydrogen-bond acceptors (Lipinski definition) is 4. The molecule has 0 saturated carbocycles. The minimum absolute atomic E-state index is 0.196. The summed E-state index contributed by atoms with van der Waals surface area (Å²) in [5, 5.41) is 15.5. The molecule has 118 valence electrons. The van der Waals surface area contributed by atoms with E-state index < -0.39 is 0 Å². The average Bonchev–Trinajstić information content (AvgIpc) is 2.56. The van der Waals surface area contributed by atoms with Crippen LogP contribution in [0.1, 0.15) is 35.8 Å². The first-order chi connectivity index (χ1) is 11.1. The van der Waals surface area contributed by atoms with Crippen LogP contribution in [-0.2, 0) is 13.0 Å². The van der Waals surface area contributed by atoms with E-state index in [0.29, 0.717) is 18.7 Å². The molecule has 0 saturated heterocycles. The summed E-state index contributed by atoms with van der Waals surface area (Å²) >= 11 is 0. The highest BCUT2D eigenvalue weighted by Gasteiger charge is 2.10. The van der Waals surface area contributed by atoms with Crippen molar-refractivity contribution in [3.63, 3.8) is 0 Å². The van der Waals surface area contributed by atoms with Crippen molar-refractivity contribution < 1.29 is 4.79 Å². The molecule has 1 N–H and O–H groups in total. The SMILES string of the molecule is CCCCn1nc(C(=O)Nc2ccc(CC#N)cc2)ccc1=O. The van der Waals surface area contributed by atoms with Gasteiger partial charge in [0.15, 0.2) is 0 Å². The second-order valence-electron chi connectivity index (χ2n) is 5.12. The zero-order valence-electron chi connectivity index (χ0n) is 13.0. The third-order valence-electron chi connectivity index (χ3n) is 3.32. The molecule has 6 nitrogen and oxygen atoms in total. The van der Waals surface area contributed by atoms with E-state index in [-0.39, 0.29) is 17.2 Å². The Labute approximate surface area is 134 Å². The highest BCUT2D eigenvalue weighted by molar-refractivity contribution is 6.02. The van der Waals surface area contributed by atoms with Crippen LogP contribution in [0.25, 0.3) is 0 Å². The average molecular weight is 310 g/mol. The van der Waals surface area contributed by atoms with E-state index in [4.69, 9.17) is 5.26 Å². The van der Waals surface area contributed by atoms with E-state index in [1.54, 1.807) is 24.3 Å². The van der Waals surface area contributed by atoms with Crippen LogP contribution in [0.4, 0.5) is 5.69 Å². The Kier molecular flexibility index (Phi) is 5.64. The monoisotopic (exact) mass is 310 g/mol. The summed E-state index contributed by atoms with van der Waals surface area (Å²) < 4.78 is 1.31. The molecule has 0 fully saturated rings. The number of nitrogens with zero attached hydrogens (tertiary/aromatic N) is 3. The van der Waals surface area contributed by atoms with Crippen LogP contribution in [0.3, 0.4) is 0 Å². The Balaban J connectivity index is 2.11. The van der Waals surface area contributed by atoms with Gasteiger partial charge in [0.25, 0.3) is 11.5 Å². The summed E-state index contributed by atoms with van der Waals surface area (Å²) in [6.45, 7) is 2.52. The van der Waals surface area contributed by atoms with Gasteiger partial charge in [-0.05, 0) is 30.2 Å². The van der Waals surface area contributed by atoms with Gasteiger partial charge < -0.3 is 5.32 Å². The lowest BCUT2D eigenvalue weighted by atomic mass is 10.1. The van der Waals surface area contributed by atoms with Gasteiger partial charge in [-0.15, -0.1) is 0 Å². The van der Waals surface area contributed by atoms with Crippen molar-refractivity contribution >= 4 is 11.6 Å². The number of hydrogen-bond donors (Lipinski definition) is 1. The molecule has 1 heterocycles. The fraction of sp³-hybridized carbons (Fsp3) is 0.294. The van der Waals surface area contributed by atoms with Crippen molar-refractivity contribution in [3.05, 3.63) is 58.0 Å². The van der Waals surface area contributed by atoms with Crippen LogP contribution >= 0.6 is 0 Å². The van der Waals surface area contributed by atoms with Crippen molar-refractivity contribution in [1.29, 1.82) is 5.26 Å². The van der Waals surface area contributed by atoms with Crippen molar-refractivity contribution in [2.24, 2.45) is 0 Å². The van der Waals surface area contributed by atoms with Crippen molar-refractivity contribution in [2.75, 3.05) is 5.32 Å². The smallest absolute Gasteiger partial charge is 0.276 e. The second-order valence-corrected chi connectivity index (χ2v) is 5.12. The van der Waals surface area contributed by atoms with Gasteiger partial charge in [0, 0.05) is 18.3 Å². The quantitative estimate of drug-likeness (QED) is 0.887. The van der Waals surface area contributed by atoms with Crippen molar-refractivity contribution in [1.82, 2.24) is 9.78 Å². The molecule has 0 unspecified atom stereocenters. The van der Waals surface area contributed by atoms with Crippen LogP contribution in [0.15, 0.2) is 41.2 Å². The Bertz CT molecular complexity index is 772. The first-order valence-corrected chi connectivity index (χ1v) is 7.49. The number of aromatic nitrogens is 2. The largest absolute Gasteiger partial charge is 0.321 e. The minimum Gasteiger partial charge on any atom is -0.321 e. The fourth-order valence-corrected chi connectivity index (χ4v) is 2.03. The maximum Gasteiger partial charge on any atom is 0.276 e. The molecule has 1 aromatic heterocycles. The first-order valence-electron chi connectivity index (χ1n) is 7.49. The summed E-state index contributed by atoms with van der Waals surface area (Å²) in [5.41, 5.74) is 1.49. The molecule has 0 aliphatic carbocycles. The molecule has 2 aromatic rings. The zero-order valence-corrected chi connectivity index (χ0v) is 13.0. The molecule has 0 atom stereocenters. The number of nitrogens with one attached hydrogen (secondary N) is 1. The summed E-state index contributed by atoms with van der Waals surface area (Å²) in [6.07, 6.45) is 2.11. The summed E-state index contributed by atoms with van der Waals surface area (Å²) in [5.74, 6) is -0.372.